The lowest BCUT2D eigenvalue weighted by Crippen LogP contribution is -2.32. The van der Waals surface area contributed by atoms with Gasteiger partial charge in [0, 0.05) is 27.3 Å². The normalized spacial score (nSPS) is 23.4. The highest BCUT2D eigenvalue weighted by atomic mass is 35.5. The first-order chi connectivity index (χ1) is 12.7. The number of ether oxygens (including phenoxy) is 1. The third kappa shape index (κ3) is 5.13. The van der Waals surface area contributed by atoms with Gasteiger partial charge in [0.05, 0.1) is 16.3 Å². The minimum atomic E-state index is -4.34. The van der Waals surface area contributed by atoms with Crippen molar-refractivity contribution in [2.24, 2.45) is 0 Å². The second-order valence-electron chi connectivity index (χ2n) is 6.63. The summed E-state index contributed by atoms with van der Waals surface area (Å²) in [6.07, 6.45) is 0.433. The first kappa shape index (κ1) is 20.8. The maximum atomic E-state index is 13.0. The van der Waals surface area contributed by atoms with Gasteiger partial charge in [-0.05, 0) is 50.3 Å². The number of alkyl halides is 3. The van der Waals surface area contributed by atoms with Crippen molar-refractivity contribution < 1.29 is 17.9 Å². The zero-order valence-corrected chi connectivity index (χ0v) is 17.2. The van der Waals surface area contributed by atoms with Crippen molar-refractivity contribution in [3.8, 4) is 0 Å². The SMILES string of the molecule is CSc1cc(Cl)cnc1C1CC(C)(Sc2cccc(C(F)(F)F)c2)CCO1. The van der Waals surface area contributed by atoms with Crippen LogP contribution in [0.5, 0.6) is 0 Å². The Morgan fingerprint density at radius 2 is 2.07 bits per heavy atom. The van der Waals surface area contributed by atoms with Gasteiger partial charge in [-0.15, -0.1) is 23.5 Å². The van der Waals surface area contributed by atoms with Crippen molar-refractivity contribution in [3.05, 3.63) is 52.8 Å². The van der Waals surface area contributed by atoms with Crippen molar-refractivity contribution in [1.29, 1.82) is 0 Å². The number of hydrogen-bond donors (Lipinski definition) is 0. The van der Waals surface area contributed by atoms with E-state index in [-0.39, 0.29) is 10.9 Å². The van der Waals surface area contributed by atoms with E-state index in [1.165, 1.54) is 23.9 Å². The molecule has 1 aromatic carbocycles. The summed E-state index contributed by atoms with van der Waals surface area (Å²) in [5.74, 6) is 0. The number of aromatic nitrogens is 1. The van der Waals surface area contributed by atoms with Crippen LogP contribution in [0.4, 0.5) is 13.2 Å². The second-order valence-corrected chi connectivity index (χ2v) is 9.58. The van der Waals surface area contributed by atoms with E-state index >= 15 is 0 Å². The summed E-state index contributed by atoms with van der Waals surface area (Å²) in [5.41, 5.74) is 0.214. The number of benzene rings is 1. The molecule has 2 unspecified atom stereocenters. The lowest BCUT2D eigenvalue weighted by Gasteiger charge is -2.38. The third-order valence-electron chi connectivity index (χ3n) is 4.47. The summed E-state index contributed by atoms with van der Waals surface area (Å²) in [4.78, 5) is 6.03. The average Bonchev–Trinajstić information content (AvgIpc) is 2.60. The van der Waals surface area contributed by atoms with E-state index in [9.17, 15) is 13.2 Å². The summed E-state index contributed by atoms with van der Waals surface area (Å²) in [7, 11) is 0. The third-order valence-corrected chi connectivity index (χ3v) is 6.79. The predicted molar refractivity (Wildman–Crippen MR) is 105 cm³/mol. The zero-order chi connectivity index (χ0) is 19.7. The monoisotopic (exact) mass is 433 g/mol. The summed E-state index contributed by atoms with van der Waals surface area (Å²) < 4.78 is 44.7. The highest BCUT2D eigenvalue weighted by Crippen LogP contribution is 2.47. The smallest absolute Gasteiger partial charge is 0.372 e. The van der Waals surface area contributed by atoms with Crippen molar-refractivity contribution in [2.45, 2.75) is 46.6 Å². The Balaban J connectivity index is 1.81. The van der Waals surface area contributed by atoms with Gasteiger partial charge in [0.15, 0.2) is 0 Å². The molecule has 0 spiro atoms. The molecule has 146 valence electrons. The Hall–Kier alpha value is -0.890. The molecule has 1 saturated heterocycles. The molecule has 0 saturated carbocycles. The molecular formula is C19H19ClF3NOS2. The molecule has 27 heavy (non-hydrogen) atoms. The first-order valence-electron chi connectivity index (χ1n) is 8.37. The molecule has 1 aliphatic rings. The maximum absolute atomic E-state index is 13.0. The lowest BCUT2D eigenvalue weighted by molar-refractivity contribution is -0.137. The molecule has 3 rings (SSSR count). The van der Waals surface area contributed by atoms with Crippen molar-refractivity contribution in [3.63, 3.8) is 0 Å². The van der Waals surface area contributed by atoms with Gasteiger partial charge in [-0.1, -0.05) is 17.7 Å². The molecule has 2 heterocycles. The average molecular weight is 434 g/mol. The number of nitrogens with zero attached hydrogens (tertiary/aromatic N) is 1. The standard InChI is InChI=1S/C19H19ClF3NOS2/c1-18(27-14-5-3-4-12(8-14)19(21,22)23)6-7-25-15(10-18)17-16(26-2)9-13(20)11-24-17/h3-5,8-9,11,15H,6-7,10H2,1-2H3. The van der Waals surface area contributed by atoms with Crippen molar-refractivity contribution in [1.82, 2.24) is 4.98 Å². The van der Waals surface area contributed by atoms with E-state index in [4.69, 9.17) is 16.3 Å². The molecule has 2 nitrogen and oxygen atoms in total. The summed E-state index contributed by atoms with van der Waals surface area (Å²) in [5, 5.41) is 0.569. The molecule has 1 aliphatic heterocycles. The Labute approximate surface area is 170 Å². The number of pyridine rings is 1. The van der Waals surface area contributed by atoms with Gasteiger partial charge < -0.3 is 4.74 Å². The van der Waals surface area contributed by atoms with E-state index in [2.05, 4.69) is 11.9 Å². The molecule has 2 aromatic rings. The molecule has 1 aromatic heterocycles. The van der Waals surface area contributed by atoms with E-state index in [0.717, 1.165) is 23.1 Å². The molecule has 8 heteroatoms. The molecular weight excluding hydrogens is 415 g/mol. The molecule has 1 fully saturated rings. The van der Waals surface area contributed by atoms with Gasteiger partial charge in [-0.25, -0.2) is 0 Å². The number of halogens is 4. The van der Waals surface area contributed by atoms with Crippen LogP contribution in [-0.2, 0) is 10.9 Å². The van der Waals surface area contributed by atoms with Crippen LogP contribution >= 0.6 is 35.1 Å². The number of thioether (sulfide) groups is 2. The van der Waals surface area contributed by atoms with E-state index < -0.39 is 11.7 Å². The Bertz CT molecular complexity index is 818. The van der Waals surface area contributed by atoms with Crippen molar-refractivity contribution in [2.75, 3.05) is 12.9 Å². The van der Waals surface area contributed by atoms with E-state index in [1.54, 1.807) is 24.0 Å². The minimum Gasteiger partial charge on any atom is -0.372 e. The first-order valence-corrected chi connectivity index (χ1v) is 10.8. The van der Waals surface area contributed by atoms with Crippen LogP contribution in [0.1, 0.15) is 37.1 Å². The van der Waals surface area contributed by atoms with Gasteiger partial charge in [-0.3, -0.25) is 4.98 Å². The van der Waals surface area contributed by atoms with Crippen LogP contribution in [0.2, 0.25) is 5.02 Å². The highest BCUT2D eigenvalue weighted by molar-refractivity contribution is 8.00. The van der Waals surface area contributed by atoms with Crippen LogP contribution in [0.15, 0.2) is 46.3 Å². The van der Waals surface area contributed by atoms with Crippen LogP contribution in [-0.4, -0.2) is 22.6 Å². The van der Waals surface area contributed by atoms with Gasteiger partial charge in [-0.2, -0.15) is 13.2 Å². The topological polar surface area (TPSA) is 22.1 Å². The Morgan fingerprint density at radius 1 is 1.30 bits per heavy atom. The summed E-state index contributed by atoms with van der Waals surface area (Å²) in [6, 6.07) is 7.36. The quantitative estimate of drug-likeness (QED) is 0.490. The molecule has 0 radical (unpaired) electrons. The van der Waals surface area contributed by atoms with Gasteiger partial charge in [0.1, 0.15) is 6.10 Å². The van der Waals surface area contributed by atoms with E-state index in [1.807, 2.05) is 12.3 Å². The summed E-state index contributed by atoms with van der Waals surface area (Å²) in [6.45, 7) is 2.60. The summed E-state index contributed by atoms with van der Waals surface area (Å²) >= 11 is 9.06. The van der Waals surface area contributed by atoms with Gasteiger partial charge >= 0.3 is 6.18 Å². The van der Waals surface area contributed by atoms with Gasteiger partial charge in [0.2, 0.25) is 0 Å². The Kier molecular flexibility index (Phi) is 6.35. The lowest BCUT2D eigenvalue weighted by atomic mass is 9.94. The predicted octanol–water partition coefficient (Wildman–Crippen LogP) is 6.88. The minimum absolute atomic E-state index is 0.207. The highest BCUT2D eigenvalue weighted by Gasteiger charge is 2.37. The zero-order valence-electron chi connectivity index (χ0n) is 14.8. The van der Waals surface area contributed by atoms with Crippen LogP contribution in [0.25, 0.3) is 0 Å². The fourth-order valence-corrected chi connectivity index (χ4v) is 5.28. The Morgan fingerprint density at radius 3 is 2.78 bits per heavy atom. The van der Waals surface area contributed by atoms with Crippen LogP contribution in [0, 0.1) is 0 Å². The number of rotatable bonds is 4. The van der Waals surface area contributed by atoms with Crippen molar-refractivity contribution >= 4 is 35.1 Å². The van der Waals surface area contributed by atoms with Crippen LogP contribution in [0.3, 0.4) is 0 Å². The van der Waals surface area contributed by atoms with Crippen LogP contribution < -0.4 is 0 Å². The maximum Gasteiger partial charge on any atom is 0.416 e. The largest absolute Gasteiger partial charge is 0.416 e. The fraction of sp³-hybridized carbons (Fsp3) is 0.421. The van der Waals surface area contributed by atoms with Gasteiger partial charge in [0.25, 0.3) is 0 Å². The molecule has 0 aliphatic carbocycles. The fourth-order valence-electron chi connectivity index (χ4n) is 3.10. The molecule has 0 amide bonds. The number of hydrogen-bond acceptors (Lipinski definition) is 4. The van der Waals surface area contributed by atoms with E-state index in [0.29, 0.717) is 22.9 Å². The molecule has 0 bridgehead atoms. The molecule has 2 atom stereocenters. The molecule has 0 N–H and O–H groups in total. The second kappa shape index (κ2) is 8.23.